The van der Waals surface area contributed by atoms with Crippen LogP contribution >= 0.6 is 0 Å². The van der Waals surface area contributed by atoms with Crippen molar-refractivity contribution in [3.63, 3.8) is 0 Å². The predicted molar refractivity (Wildman–Crippen MR) is 116 cm³/mol. The molecule has 1 saturated carbocycles. The Balaban J connectivity index is 1.49. The number of carbonyl (C=O) groups is 1. The summed E-state index contributed by atoms with van der Waals surface area (Å²) in [6.45, 7) is 11.0. The van der Waals surface area contributed by atoms with E-state index in [2.05, 4.69) is 34.6 Å². The van der Waals surface area contributed by atoms with Gasteiger partial charge in [-0.1, -0.05) is 50.1 Å². The van der Waals surface area contributed by atoms with Gasteiger partial charge in [-0.2, -0.15) is 0 Å². The lowest BCUT2D eigenvalue weighted by atomic mass is 9.77. The first-order valence-electron chi connectivity index (χ1n) is 11.2. The normalized spacial score (nSPS) is 27.9. The molecule has 4 nitrogen and oxygen atoms in total. The lowest BCUT2D eigenvalue weighted by molar-refractivity contribution is -0.157. The highest BCUT2D eigenvalue weighted by Crippen LogP contribution is 2.47. The van der Waals surface area contributed by atoms with Gasteiger partial charge >= 0.3 is 13.1 Å². The van der Waals surface area contributed by atoms with Crippen LogP contribution in [-0.2, 0) is 25.4 Å². The number of hydrogen-bond donors (Lipinski definition) is 0. The minimum absolute atomic E-state index is 0.0127. The van der Waals surface area contributed by atoms with Crippen molar-refractivity contribution in [1.82, 2.24) is 0 Å². The SMILES string of the molecule is C[C@@H]1CC[C@](CCCCB2OC(C)(C)C(C)(C)O2)(C(=O)OCc2ccccc2)C1. The van der Waals surface area contributed by atoms with Crippen molar-refractivity contribution in [3.8, 4) is 0 Å². The van der Waals surface area contributed by atoms with E-state index in [4.69, 9.17) is 14.0 Å². The maximum Gasteiger partial charge on any atom is 0.457 e. The smallest absolute Gasteiger partial charge is 0.457 e. The van der Waals surface area contributed by atoms with Crippen LogP contribution in [0.3, 0.4) is 0 Å². The van der Waals surface area contributed by atoms with Crippen molar-refractivity contribution in [2.45, 2.75) is 97.3 Å². The first-order valence-corrected chi connectivity index (χ1v) is 11.2. The topological polar surface area (TPSA) is 44.8 Å². The van der Waals surface area contributed by atoms with E-state index in [-0.39, 0.29) is 29.7 Å². The van der Waals surface area contributed by atoms with Gasteiger partial charge in [-0.25, -0.2) is 0 Å². The zero-order valence-corrected chi connectivity index (χ0v) is 18.8. The van der Waals surface area contributed by atoms with E-state index in [1.165, 1.54) is 0 Å². The third kappa shape index (κ3) is 5.24. The molecule has 1 aromatic rings. The van der Waals surface area contributed by atoms with Gasteiger partial charge in [-0.3, -0.25) is 4.79 Å². The summed E-state index contributed by atoms with van der Waals surface area (Å²) in [5.74, 6) is 0.573. The van der Waals surface area contributed by atoms with Crippen molar-refractivity contribution in [3.05, 3.63) is 35.9 Å². The molecule has 3 rings (SSSR count). The summed E-state index contributed by atoms with van der Waals surface area (Å²) in [6.07, 6.45) is 6.76. The van der Waals surface area contributed by atoms with Gasteiger partial charge in [0.15, 0.2) is 0 Å². The van der Waals surface area contributed by atoms with Crippen molar-refractivity contribution >= 4 is 13.1 Å². The molecular formula is C24H37BO4. The predicted octanol–water partition coefficient (Wildman–Crippen LogP) is 5.80. The molecule has 2 atom stereocenters. The maximum absolute atomic E-state index is 13.0. The van der Waals surface area contributed by atoms with Crippen LogP contribution in [-0.4, -0.2) is 24.3 Å². The molecule has 0 spiro atoms. The molecule has 2 aliphatic rings. The molecule has 1 saturated heterocycles. The molecule has 1 aromatic carbocycles. The van der Waals surface area contributed by atoms with Crippen LogP contribution in [0, 0.1) is 11.3 Å². The number of esters is 1. The first-order chi connectivity index (χ1) is 13.6. The second kappa shape index (κ2) is 8.81. The number of hydrogen-bond acceptors (Lipinski definition) is 4. The van der Waals surface area contributed by atoms with E-state index in [1.807, 2.05) is 30.3 Å². The van der Waals surface area contributed by atoms with E-state index in [9.17, 15) is 4.79 Å². The fourth-order valence-corrected chi connectivity index (χ4v) is 4.64. The average molecular weight is 400 g/mol. The Bertz CT molecular complexity index is 671. The first kappa shape index (κ1) is 22.4. The molecule has 29 heavy (non-hydrogen) atoms. The minimum Gasteiger partial charge on any atom is -0.460 e. The van der Waals surface area contributed by atoms with Crippen molar-refractivity contribution in [1.29, 1.82) is 0 Å². The van der Waals surface area contributed by atoms with Gasteiger partial charge in [0, 0.05) is 0 Å². The summed E-state index contributed by atoms with van der Waals surface area (Å²) in [7, 11) is -0.150. The highest BCUT2D eigenvalue weighted by Gasteiger charge is 2.50. The lowest BCUT2D eigenvalue weighted by Crippen LogP contribution is -2.41. The van der Waals surface area contributed by atoms with Crippen LogP contribution in [0.15, 0.2) is 30.3 Å². The summed E-state index contributed by atoms with van der Waals surface area (Å²) < 4.78 is 18.0. The maximum atomic E-state index is 13.0. The molecule has 0 aromatic heterocycles. The van der Waals surface area contributed by atoms with Crippen LogP contribution in [0.2, 0.25) is 6.32 Å². The summed E-state index contributed by atoms with van der Waals surface area (Å²) in [5.41, 5.74) is 0.175. The number of carbonyl (C=O) groups excluding carboxylic acids is 1. The highest BCUT2D eigenvalue weighted by molar-refractivity contribution is 6.45. The fourth-order valence-electron chi connectivity index (χ4n) is 4.64. The molecule has 1 aliphatic carbocycles. The van der Waals surface area contributed by atoms with Gasteiger partial charge < -0.3 is 14.0 Å². The van der Waals surface area contributed by atoms with E-state index in [1.54, 1.807) is 0 Å². The Morgan fingerprint density at radius 3 is 2.34 bits per heavy atom. The Labute approximate surface area is 176 Å². The van der Waals surface area contributed by atoms with E-state index < -0.39 is 0 Å². The minimum atomic E-state index is -0.315. The molecule has 2 fully saturated rings. The second-order valence-electron chi connectivity index (χ2n) is 10.1. The van der Waals surface area contributed by atoms with Gasteiger partial charge in [0.2, 0.25) is 0 Å². The van der Waals surface area contributed by atoms with Crippen LogP contribution in [0.4, 0.5) is 0 Å². The summed E-state index contributed by atoms with van der Waals surface area (Å²) in [4.78, 5) is 13.0. The van der Waals surface area contributed by atoms with E-state index >= 15 is 0 Å². The summed E-state index contributed by atoms with van der Waals surface area (Å²) >= 11 is 0. The summed E-state index contributed by atoms with van der Waals surface area (Å²) in [6, 6.07) is 9.94. The third-order valence-electron chi connectivity index (χ3n) is 7.15. The monoisotopic (exact) mass is 400 g/mol. The molecule has 1 aliphatic heterocycles. The quantitative estimate of drug-likeness (QED) is 0.314. The Morgan fingerprint density at radius 1 is 1.10 bits per heavy atom. The average Bonchev–Trinajstić information content (AvgIpc) is 3.14. The Kier molecular flexibility index (Phi) is 6.79. The largest absolute Gasteiger partial charge is 0.460 e. The number of ether oxygens (including phenoxy) is 1. The molecule has 0 amide bonds. The van der Waals surface area contributed by atoms with Crippen LogP contribution in [0.1, 0.15) is 78.7 Å². The number of rotatable bonds is 8. The van der Waals surface area contributed by atoms with Crippen molar-refractivity contribution < 1.29 is 18.8 Å². The molecule has 5 heteroatoms. The number of benzene rings is 1. The lowest BCUT2D eigenvalue weighted by Gasteiger charge is -2.32. The number of unbranched alkanes of at least 4 members (excludes halogenated alkanes) is 1. The standard InChI is InChI=1S/C24H37BO4/c1-19-13-15-24(17-19,21(26)27-18-20-11-7-6-8-12-20)14-9-10-16-25-28-22(2,3)23(4,5)29-25/h6-8,11-12,19H,9-10,13-18H2,1-5H3/t19-,24+/m1/s1. The van der Waals surface area contributed by atoms with Gasteiger partial charge in [-0.15, -0.1) is 0 Å². The van der Waals surface area contributed by atoms with Crippen molar-refractivity contribution in [2.75, 3.05) is 0 Å². The van der Waals surface area contributed by atoms with Crippen molar-refractivity contribution in [2.24, 2.45) is 11.3 Å². The fraction of sp³-hybridized carbons (Fsp3) is 0.708. The molecule has 0 bridgehead atoms. The van der Waals surface area contributed by atoms with Gasteiger partial charge in [0.05, 0.1) is 16.6 Å². The molecular weight excluding hydrogens is 363 g/mol. The van der Waals surface area contributed by atoms with E-state index in [0.29, 0.717) is 12.5 Å². The molecule has 0 N–H and O–H groups in total. The van der Waals surface area contributed by atoms with Gasteiger partial charge in [0.25, 0.3) is 0 Å². The third-order valence-corrected chi connectivity index (χ3v) is 7.15. The zero-order chi connectivity index (χ0) is 21.1. The second-order valence-corrected chi connectivity index (χ2v) is 10.1. The summed E-state index contributed by atoms with van der Waals surface area (Å²) in [5, 5.41) is 0. The molecule has 0 radical (unpaired) electrons. The zero-order valence-electron chi connectivity index (χ0n) is 18.8. The molecule has 1 heterocycles. The Morgan fingerprint density at radius 2 is 1.76 bits per heavy atom. The van der Waals surface area contributed by atoms with Gasteiger partial charge in [-0.05, 0) is 71.2 Å². The van der Waals surface area contributed by atoms with Crippen LogP contribution in [0.25, 0.3) is 0 Å². The van der Waals surface area contributed by atoms with E-state index in [0.717, 1.165) is 50.4 Å². The molecule has 0 unspecified atom stereocenters. The van der Waals surface area contributed by atoms with Crippen LogP contribution < -0.4 is 0 Å². The van der Waals surface area contributed by atoms with Crippen LogP contribution in [0.5, 0.6) is 0 Å². The highest BCUT2D eigenvalue weighted by atomic mass is 16.7. The molecule has 160 valence electrons. The van der Waals surface area contributed by atoms with Gasteiger partial charge in [0.1, 0.15) is 6.61 Å². The Hall–Kier alpha value is -1.33.